The molecule has 0 amide bonds. The van der Waals surface area contributed by atoms with E-state index >= 15 is 0 Å². The molecule has 3 aromatic rings. The van der Waals surface area contributed by atoms with Gasteiger partial charge in [-0.05, 0) is 50.8 Å². The van der Waals surface area contributed by atoms with Crippen LogP contribution >= 0.6 is 0 Å². The predicted octanol–water partition coefficient (Wildman–Crippen LogP) is 3.73. The van der Waals surface area contributed by atoms with Crippen LogP contribution in [-0.4, -0.2) is 49.8 Å². The zero-order valence-corrected chi connectivity index (χ0v) is 19.0. The SMILES string of the molecule is CCNC(=NCc1ccccc1-n1nc(C)cc1C)N1CCC(C)C(n2ccnc2)C1. The molecular formula is C24H33N7. The first-order valence-corrected chi connectivity index (χ1v) is 11.2. The van der Waals surface area contributed by atoms with Crippen LogP contribution < -0.4 is 5.32 Å². The molecule has 1 N–H and O–H groups in total. The van der Waals surface area contributed by atoms with Crippen LogP contribution in [0.4, 0.5) is 0 Å². The topological polar surface area (TPSA) is 63.3 Å². The average Bonchev–Trinajstić information content (AvgIpc) is 3.41. The van der Waals surface area contributed by atoms with Gasteiger partial charge in [-0.25, -0.2) is 14.7 Å². The number of guanidine groups is 1. The number of nitrogens with one attached hydrogen (secondary N) is 1. The highest BCUT2D eigenvalue weighted by atomic mass is 15.3. The fourth-order valence-electron chi connectivity index (χ4n) is 4.40. The van der Waals surface area contributed by atoms with E-state index in [-0.39, 0.29) is 0 Å². The minimum Gasteiger partial charge on any atom is -0.357 e. The number of aromatic nitrogens is 4. The maximum absolute atomic E-state index is 5.04. The Morgan fingerprint density at radius 3 is 2.81 bits per heavy atom. The number of para-hydroxylation sites is 1. The molecule has 0 spiro atoms. The smallest absolute Gasteiger partial charge is 0.194 e. The van der Waals surface area contributed by atoms with Crippen molar-refractivity contribution in [2.45, 2.75) is 46.7 Å². The Balaban J connectivity index is 1.57. The maximum atomic E-state index is 5.04. The molecule has 0 saturated carbocycles. The summed E-state index contributed by atoms with van der Waals surface area (Å²) in [6.07, 6.45) is 7.00. The van der Waals surface area contributed by atoms with E-state index in [1.165, 1.54) is 5.56 Å². The van der Waals surface area contributed by atoms with Gasteiger partial charge in [-0.2, -0.15) is 5.10 Å². The van der Waals surface area contributed by atoms with Crippen LogP contribution in [0.5, 0.6) is 0 Å². The summed E-state index contributed by atoms with van der Waals surface area (Å²) in [5.74, 6) is 1.59. The number of hydrogen-bond donors (Lipinski definition) is 1. The third-order valence-corrected chi connectivity index (χ3v) is 6.09. The lowest BCUT2D eigenvalue weighted by Gasteiger charge is -2.39. The van der Waals surface area contributed by atoms with Gasteiger partial charge in [0, 0.05) is 37.7 Å². The van der Waals surface area contributed by atoms with E-state index in [4.69, 9.17) is 4.99 Å². The van der Waals surface area contributed by atoms with Crippen LogP contribution in [-0.2, 0) is 6.54 Å². The molecule has 1 fully saturated rings. The standard InChI is InChI=1S/C24H33N7/c1-5-26-24(29-12-10-18(2)23(16-29)30-13-11-25-17-30)27-15-21-8-6-7-9-22(21)31-20(4)14-19(3)28-31/h6-9,11,13-14,17-18,23H,5,10,12,15-16H2,1-4H3,(H,26,27). The number of likely N-dealkylation sites (tertiary alicyclic amines) is 1. The third-order valence-electron chi connectivity index (χ3n) is 6.09. The number of nitrogens with zero attached hydrogens (tertiary/aromatic N) is 6. The molecule has 4 rings (SSSR count). The zero-order chi connectivity index (χ0) is 21.8. The van der Waals surface area contributed by atoms with Crippen LogP contribution in [0.15, 0.2) is 54.0 Å². The molecule has 31 heavy (non-hydrogen) atoms. The van der Waals surface area contributed by atoms with Crippen molar-refractivity contribution in [1.82, 2.24) is 29.5 Å². The monoisotopic (exact) mass is 419 g/mol. The van der Waals surface area contributed by atoms with Gasteiger partial charge in [0.05, 0.1) is 30.3 Å². The molecule has 3 heterocycles. The number of piperidine rings is 1. The summed E-state index contributed by atoms with van der Waals surface area (Å²) in [5.41, 5.74) is 4.42. The second-order valence-corrected chi connectivity index (χ2v) is 8.43. The number of aliphatic imine (C=N–C) groups is 1. The highest BCUT2D eigenvalue weighted by molar-refractivity contribution is 5.80. The van der Waals surface area contributed by atoms with Gasteiger partial charge in [-0.3, -0.25) is 0 Å². The van der Waals surface area contributed by atoms with E-state index in [1.54, 1.807) is 0 Å². The lowest BCUT2D eigenvalue weighted by molar-refractivity contribution is 0.189. The second-order valence-electron chi connectivity index (χ2n) is 8.43. The Morgan fingerprint density at radius 1 is 1.26 bits per heavy atom. The number of imidazole rings is 1. The second kappa shape index (κ2) is 9.37. The van der Waals surface area contributed by atoms with E-state index in [0.29, 0.717) is 18.5 Å². The van der Waals surface area contributed by atoms with Crippen molar-refractivity contribution in [1.29, 1.82) is 0 Å². The van der Waals surface area contributed by atoms with Crippen molar-refractivity contribution < 1.29 is 0 Å². The first-order chi connectivity index (χ1) is 15.1. The Labute approximate surface area is 184 Å². The summed E-state index contributed by atoms with van der Waals surface area (Å²) in [6, 6.07) is 10.9. The van der Waals surface area contributed by atoms with Gasteiger partial charge in [0.1, 0.15) is 0 Å². The zero-order valence-electron chi connectivity index (χ0n) is 19.0. The van der Waals surface area contributed by atoms with Crippen LogP contribution in [0.2, 0.25) is 0 Å². The molecule has 1 aliphatic heterocycles. The maximum Gasteiger partial charge on any atom is 0.194 e. The van der Waals surface area contributed by atoms with Crippen molar-refractivity contribution in [2.75, 3.05) is 19.6 Å². The molecule has 0 radical (unpaired) electrons. The molecule has 1 aromatic carbocycles. The summed E-state index contributed by atoms with van der Waals surface area (Å²) in [4.78, 5) is 11.7. The van der Waals surface area contributed by atoms with Gasteiger partial charge >= 0.3 is 0 Å². The summed E-state index contributed by atoms with van der Waals surface area (Å²) in [5, 5.41) is 8.18. The van der Waals surface area contributed by atoms with Crippen LogP contribution in [0, 0.1) is 19.8 Å². The van der Waals surface area contributed by atoms with Gasteiger partial charge in [0.15, 0.2) is 5.96 Å². The predicted molar refractivity (Wildman–Crippen MR) is 124 cm³/mol. The summed E-state index contributed by atoms with van der Waals surface area (Å²) in [7, 11) is 0. The average molecular weight is 420 g/mol. The lowest BCUT2D eigenvalue weighted by Crippen LogP contribution is -2.49. The molecule has 2 atom stereocenters. The van der Waals surface area contributed by atoms with Crippen molar-refractivity contribution in [2.24, 2.45) is 10.9 Å². The van der Waals surface area contributed by atoms with Gasteiger partial charge in [0.2, 0.25) is 0 Å². The van der Waals surface area contributed by atoms with Crippen LogP contribution in [0.25, 0.3) is 5.69 Å². The van der Waals surface area contributed by atoms with Gasteiger partial charge in [-0.1, -0.05) is 25.1 Å². The summed E-state index contributed by atoms with van der Waals surface area (Å²) < 4.78 is 4.25. The minimum absolute atomic E-state index is 0.405. The molecule has 0 bridgehead atoms. The van der Waals surface area contributed by atoms with E-state index in [9.17, 15) is 0 Å². The van der Waals surface area contributed by atoms with Crippen molar-refractivity contribution in [3.05, 3.63) is 66.0 Å². The Bertz CT molecular complexity index is 1020. The van der Waals surface area contributed by atoms with Gasteiger partial charge in [-0.15, -0.1) is 0 Å². The summed E-state index contributed by atoms with van der Waals surface area (Å²) in [6.45, 7) is 12.0. The van der Waals surface area contributed by atoms with Crippen LogP contribution in [0.3, 0.4) is 0 Å². The van der Waals surface area contributed by atoms with E-state index in [0.717, 1.165) is 49.1 Å². The molecule has 7 nitrogen and oxygen atoms in total. The molecule has 1 saturated heterocycles. The third kappa shape index (κ3) is 4.65. The Kier molecular flexibility index (Phi) is 6.39. The fourth-order valence-corrected chi connectivity index (χ4v) is 4.40. The number of aryl methyl sites for hydroxylation is 2. The highest BCUT2D eigenvalue weighted by Crippen LogP contribution is 2.27. The first kappa shape index (κ1) is 21.2. The molecule has 2 aromatic heterocycles. The lowest BCUT2D eigenvalue weighted by atomic mass is 9.93. The molecule has 1 aliphatic rings. The number of benzene rings is 1. The Morgan fingerprint density at radius 2 is 2.10 bits per heavy atom. The van der Waals surface area contributed by atoms with Gasteiger partial charge in [0.25, 0.3) is 0 Å². The fraction of sp³-hybridized carbons (Fsp3) is 0.458. The van der Waals surface area contributed by atoms with Crippen molar-refractivity contribution in [3.8, 4) is 5.69 Å². The molecular weight excluding hydrogens is 386 g/mol. The van der Waals surface area contributed by atoms with Crippen molar-refractivity contribution in [3.63, 3.8) is 0 Å². The first-order valence-electron chi connectivity index (χ1n) is 11.2. The van der Waals surface area contributed by atoms with Gasteiger partial charge < -0.3 is 14.8 Å². The van der Waals surface area contributed by atoms with E-state index in [1.807, 2.05) is 24.1 Å². The van der Waals surface area contributed by atoms with E-state index in [2.05, 4.69) is 82.2 Å². The minimum atomic E-state index is 0.405. The summed E-state index contributed by atoms with van der Waals surface area (Å²) >= 11 is 0. The quantitative estimate of drug-likeness (QED) is 0.506. The Hall–Kier alpha value is -3.09. The highest BCUT2D eigenvalue weighted by Gasteiger charge is 2.28. The molecule has 164 valence electrons. The van der Waals surface area contributed by atoms with Crippen LogP contribution in [0.1, 0.15) is 43.3 Å². The molecule has 7 heteroatoms. The van der Waals surface area contributed by atoms with Crippen molar-refractivity contribution >= 4 is 5.96 Å². The number of rotatable bonds is 5. The molecule has 2 unspecified atom stereocenters. The van der Waals surface area contributed by atoms with E-state index < -0.39 is 0 Å². The largest absolute Gasteiger partial charge is 0.357 e. The normalized spacial score (nSPS) is 19.6. The molecule has 0 aliphatic carbocycles. The number of hydrogen-bond acceptors (Lipinski definition) is 3.